The van der Waals surface area contributed by atoms with Crippen molar-refractivity contribution in [2.24, 2.45) is 10.3 Å². The Morgan fingerprint density at radius 2 is 1.38 bits per heavy atom. The van der Waals surface area contributed by atoms with Crippen LogP contribution in [-0.2, 0) is 0 Å². The van der Waals surface area contributed by atoms with Crippen LogP contribution >= 0.6 is 0 Å². The quantitative estimate of drug-likeness (QED) is 0.603. The average molecular weight is 212 g/mol. The fourth-order valence-corrected chi connectivity index (χ4v) is 1.19. The number of nitrogens with one attached hydrogen (secondary N) is 2. The third-order valence-corrected chi connectivity index (χ3v) is 1.95. The molecule has 16 heavy (non-hydrogen) atoms. The number of hydrogen-bond donors (Lipinski definition) is 2. The first-order valence-electron chi connectivity index (χ1n) is 4.97. The van der Waals surface area contributed by atoms with Gasteiger partial charge in [0.25, 0.3) is 0 Å². The minimum Gasteiger partial charge on any atom is -0.284 e. The van der Waals surface area contributed by atoms with Crippen LogP contribution in [0.25, 0.3) is 0 Å². The molecule has 2 aromatic rings. The molecule has 0 amide bonds. The normalized spacial score (nSPS) is 10.2. The summed E-state index contributed by atoms with van der Waals surface area (Å²) in [5, 5.41) is 7.77. The van der Waals surface area contributed by atoms with Crippen molar-refractivity contribution >= 4 is 11.4 Å². The van der Waals surface area contributed by atoms with Gasteiger partial charge in [-0.15, -0.1) is 5.11 Å². The van der Waals surface area contributed by atoms with Crippen LogP contribution in [0.2, 0.25) is 0 Å². The molecular formula is C12H12N4. The molecule has 0 spiro atoms. The molecule has 0 aliphatic carbocycles. The van der Waals surface area contributed by atoms with E-state index in [0.717, 1.165) is 11.4 Å². The first-order chi connectivity index (χ1) is 7.95. The van der Waals surface area contributed by atoms with Gasteiger partial charge in [-0.05, 0) is 24.3 Å². The van der Waals surface area contributed by atoms with Gasteiger partial charge in [0.15, 0.2) is 0 Å². The molecule has 0 fully saturated rings. The molecule has 0 saturated carbocycles. The maximum absolute atomic E-state index is 3.97. The molecule has 2 rings (SSSR count). The van der Waals surface area contributed by atoms with Gasteiger partial charge in [0, 0.05) is 0 Å². The van der Waals surface area contributed by atoms with Gasteiger partial charge < -0.3 is 0 Å². The van der Waals surface area contributed by atoms with Crippen molar-refractivity contribution in [1.82, 2.24) is 5.53 Å². The van der Waals surface area contributed by atoms with Gasteiger partial charge in [-0.1, -0.05) is 41.6 Å². The van der Waals surface area contributed by atoms with E-state index in [0.29, 0.717) is 0 Å². The van der Waals surface area contributed by atoms with Crippen molar-refractivity contribution in [3.05, 3.63) is 60.7 Å². The highest BCUT2D eigenvalue weighted by Gasteiger charge is 1.86. The Labute approximate surface area is 94.0 Å². The second-order valence-corrected chi connectivity index (χ2v) is 3.14. The van der Waals surface area contributed by atoms with E-state index in [-0.39, 0.29) is 0 Å². The summed E-state index contributed by atoms with van der Waals surface area (Å²) in [7, 11) is 0. The lowest BCUT2D eigenvalue weighted by Gasteiger charge is -2.02. The van der Waals surface area contributed by atoms with Crippen LogP contribution in [0.3, 0.4) is 0 Å². The number of hydrazine groups is 1. The third-order valence-electron chi connectivity index (χ3n) is 1.95. The van der Waals surface area contributed by atoms with Crippen molar-refractivity contribution in [3.63, 3.8) is 0 Å². The SMILES string of the molecule is c1ccc(N=NNNc2ccccc2)cc1. The molecule has 0 unspecified atom stereocenters. The summed E-state index contributed by atoms with van der Waals surface area (Å²) < 4.78 is 0. The largest absolute Gasteiger partial charge is 0.284 e. The maximum atomic E-state index is 3.97. The minimum absolute atomic E-state index is 0.810. The summed E-state index contributed by atoms with van der Waals surface area (Å²) in [6.07, 6.45) is 0. The van der Waals surface area contributed by atoms with Gasteiger partial charge in [-0.25, -0.2) is 5.53 Å². The molecular weight excluding hydrogens is 200 g/mol. The second-order valence-electron chi connectivity index (χ2n) is 3.14. The van der Waals surface area contributed by atoms with E-state index in [1.807, 2.05) is 60.7 Å². The Kier molecular flexibility index (Phi) is 3.50. The van der Waals surface area contributed by atoms with Crippen molar-refractivity contribution in [2.75, 3.05) is 5.43 Å². The molecule has 0 saturated heterocycles. The highest BCUT2D eigenvalue weighted by Crippen LogP contribution is 2.09. The highest BCUT2D eigenvalue weighted by molar-refractivity contribution is 5.41. The standard InChI is InChI=1S/C12H12N4/c1-3-7-11(8-4-1)13-15-16-14-12-9-5-2-6-10-12/h1-10H,(H,13,16)(H,14,15). The van der Waals surface area contributed by atoms with E-state index in [2.05, 4.69) is 21.3 Å². The molecule has 0 aliphatic heterocycles. The maximum Gasteiger partial charge on any atom is 0.0874 e. The van der Waals surface area contributed by atoms with Crippen LogP contribution in [0.4, 0.5) is 11.4 Å². The van der Waals surface area contributed by atoms with Crippen LogP contribution in [0.5, 0.6) is 0 Å². The van der Waals surface area contributed by atoms with Crippen LogP contribution in [0, 0.1) is 0 Å². The van der Waals surface area contributed by atoms with Crippen molar-refractivity contribution < 1.29 is 0 Å². The Balaban J connectivity index is 1.83. The van der Waals surface area contributed by atoms with Crippen molar-refractivity contribution in [1.29, 1.82) is 0 Å². The Morgan fingerprint density at radius 3 is 2.06 bits per heavy atom. The first-order valence-corrected chi connectivity index (χ1v) is 4.97. The first kappa shape index (κ1) is 10.2. The van der Waals surface area contributed by atoms with Crippen LogP contribution < -0.4 is 11.0 Å². The van der Waals surface area contributed by atoms with E-state index >= 15 is 0 Å². The number of anilines is 1. The van der Waals surface area contributed by atoms with Crippen LogP contribution in [0.15, 0.2) is 71.0 Å². The summed E-state index contributed by atoms with van der Waals surface area (Å²) in [5.74, 6) is 0. The van der Waals surface area contributed by atoms with Gasteiger partial charge in [-0.2, -0.15) is 0 Å². The Hall–Kier alpha value is -2.36. The molecule has 0 aliphatic rings. The molecule has 4 heteroatoms. The second kappa shape index (κ2) is 5.50. The van der Waals surface area contributed by atoms with Gasteiger partial charge in [0.2, 0.25) is 0 Å². The van der Waals surface area contributed by atoms with E-state index < -0.39 is 0 Å². The van der Waals surface area contributed by atoms with E-state index in [9.17, 15) is 0 Å². The zero-order valence-electron chi connectivity index (χ0n) is 8.67. The topological polar surface area (TPSA) is 48.8 Å². The molecule has 0 atom stereocenters. The summed E-state index contributed by atoms with van der Waals surface area (Å²) in [6.45, 7) is 0. The molecule has 0 heterocycles. The summed E-state index contributed by atoms with van der Waals surface area (Å²) in [4.78, 5) is 0. The predicted molar refractivity (Wildman–Crippen MR) is 64.2 cm³/mol. The smallest absolute Gasteiger partial charge is 0.0874 e. The van der Waals surface area contributed by atoms with Crippen molar-refractivity contribution in [2.45, 2.75) is 0 Å². The van der Waals surface area contributed by atoms with Crippen LogP contribution in [0.1, 0.15) is 0 Å². The van der Waals surface area contributed by atoms with Crippen LogP contribution in [-0.4, -0.2) is 0 Å². The lowest BCUT2D eigenvalue weighted by molar-refractivity contribution is 0.806. The van der Waals surface area contributed by atoms with Crippen molar-refractivity contribution in [3.8, 4) is 0 Å². The molecule has 0 bridgehead atoms. The summed E-state index contributed by atoms with van der Waals surface area (Å²) >= 11 is 0. The minimum atomic E-state index is 0.810. The monoisotopic (exact) mass is 212 g/mol. The van der Waals surface area contributed by atoms with Gasteiger partial charge >= 0.3 is 0 Å². The average Bonchev–Trinajstić information content (AvgIpc) is 2.37. The van der Waals surface area contributed by atoms with Gasteiger partial charge in [0.05, 0.1) is 11.4 Å². The molecule has 4 nitrogen and oxygen atoms in total. The molecule has 0 aromatic heterocycles. The Bertz CT molecular complexity index is 439. The number of hydrogen-bond acceptors (Lipinski definition) is 3. The molecule has 2 aromatic carbocycles. The molecule has 2 N–H and O–H groups in total. The summed E-state index contributed by atoms with van der Waals surface area (Å²) in [5.41, 5.74) is 7.31. The lowest BCUT2D eigenvalue weighted by atomic mass is 10.3. The fraction of sp³-hybridized carbons (Fsp3) is 0. The van der Waals surface area contributed by atoms with E-state index in [4.69, 9.17) is 0 Å². The number of nitrogens with zero attached hydrogens (tertiary/aromatic N) is 2. The van der Waals surface area contributed by atoms with E-state index in [1.54, 1.807) is 0 Å². The van der Waals surface area contributed by atoms with E-state index in [1.165, 1.54) is 0 Å². The highest BCUT2D eigenvalue weighted by atomic mass is 15.6. The lowest BCUT2D eigenvalue weighted by Crippen LogP contribution is -2.13. The third kappa shape index (κ3) is 3.09. The molecule has 0 radical (unpaired) electrons. The number of rotatable bonds is 4. The number of para-hydroxylation sites is 1. The molecule has 80 valence electrons. The summed E-state index contributed by atoms with van der Waals surface area (Å²) in [6, 6.07) is 19.2. The van der Waals surface area contributed by atoms with Gasteiger partial charge in [0.1, 0.15) is 0 Å². The Morgan fingerprint density at radius 1 is 0.750 bits per heavy atom. The predicted octanol–water partition coefficient (Wildman–Crippen LogP) is 3.30. The fourth-order valence-electron chi connectivity index (χ4n) is 1.19. The van der Waals surface area contributed by atoms with Gasteiger partial charge in [-0.3, -0.25) is 5.43 Å². The zero-order valence-corrected chi connectivity index (χ0v) is 8.67. The number of benzene rings is 2. The zero-order chi connectivity index (χ0) is 11.1.